The number of nitrogens with zero attached hydrogens (tertiary/aromatic N) is 4. The highest BCUT2D eigenvalue weighted by atomic mass is 16.5. The van der Waals surface area contributed by atoms with E-state index in [1.165, 1.54) is 24.9 Å². The van der Waals surface area contributed by atoms with Gasteiger partial charge in [0.25, 0.3) is 0 Å². The Kier molecular flexibility index (Phi) is 5.51. The molecule has 3 aromatic rings. The van der Waals surface area contributed by atoms with Crippen LogP contribution in [0.15, 0.2) is 54.7 Å². The average molecular weight is 376 g/mol. The molecule has 7 nitrogen and oxygen atoms in total. The number of piperidine rings is 1. The fraction of sp³-hybridized carbons (Fsp3) is 0.286. The number of hydrogen-bond donors (Lipinski definition) is 2. The first-order valence-corrected chi connectivity index (χ1v) is 9.53. The Bertz CT molecular complexity index is 909. The van der Waals surface area contributed by atoms with Crippen LogP contribution in [-0.4, -0.2) is 35.4 Å². The van der Waals surface area contributed by atoms with E-state index in [0.29, 0.717) is 11.8 Å². The number of rotatable bonds is 6. The highest BCUT2D eigenvalue weighted by Crippen LogP contribution is 2.24. The van der Waals surface area contributed by atoms with Crippen molar-refractivity contribution in [2.75, 3.05) is 35.7 Å². The Morgan fingerprint density at radius 2 is 1.75 bits per heavy atom. The standard InChI is InChI=1S/C21H24N6O/c1-28-19-7-5-6-17(14-19)24-21-25-20(15-22-26-21)23-16-8-10-18(11-9-16)27-12-3-2-4-13-27/h5-11,14-15H,2-4,12-13H2,1H3,(H2,23,24,25,26). The summed E-state index contributed by atoms with van der Waals surface area (Å²) < 4.78 is 5.24. The molecule has 0 aliphatic carbocycles. The lowest BCUT2D eigenvalue weighted by Gasteiger charge is -2.28. The molecule has 0 unspecified atom stereocenters. The van der Waals surface area contributed by atoms with Gasteiger partial charge in [-0.15, -0.1) is 5.10 Å². The van der Waals surface area contributed by atoms with Crippen LogP contribution < -0.4 is 20.3 Å². The number of nitrogens with one attached hydrogen (secondary N) is 2. The van der Waals surface area contributed by atoms with Gasteiger partial charge in [0.15, 0.2) is 5.82 Å². The van der Waals surface area contributed by atoms with Crippen molar-refractivity contribution in [1.82, 2.24) is 15.2 Å². The Labute approximate surface area is 164 Å². The summed E-state index contributed by atoms with van der Waals surface area (Å²) in [5.74, 6) is 1.82. The molecule has 28 heavy (non-hydrogen) atoms. The Morgan fingerprint density at radius 1 is 0.929 bits per heavy atom. The summed E-state index contributed by atoms with van der Waals surface area (Å²) in [5.41, 5.74) is 3.07. The highest BCUT2D eigenvalue weighted by Gasteiger charge is 2.10. The zero-order chi connectivity index (χ0) is 19.2. The van der Waals surface area contributed by atoms with Gasteiger partial charge in [-0.05, 0) is 55.7 Å². The van der Waals surface area contributed by atoms with Gasteiger partial charge in [-0.1, -0.05) is 6.07 Å². The number of aromatic nitrogens is 3. The number of benzene rings is 2. The van der Waals surface area contributed by atoms with E-state index < -0.39 is 0 Å². The van der Waals surface area contributed by atoms with Gasteiger partial charge in [-0.25, -0.2) is 0 Å². The molecule has 7 heteroatoms. The second-order valence-corrected chi connectivity index (χ2v) is 6.74. The van der Waals surface area contributed by atoms with Gasteiger partial charge < -0.3 is 20.3 Å². The highest BCUT2D eigenvalue weighted by molar-refractivity contribution is 5.62. The minimum absolute atomic E-state index is 0.420. The van der Waals surface area contributed by atoms with E-state index in [4.69, 9.17) is 4.74 Å². The molecule has 0 saturated carbocycles. The van der Waals surface area contributed by atoms with Crippen molar-refractivity contribution < 1.29 is 4.74 Å². The lowest BCUT2D eigenvalue weighted by Crippen LogP contribution is -2.29. The monoisotopic (exact) mass is 376 g/mol. The first kappa shape index (κ1) is 18.0. The van der Waals surface area contributed by atoms with Gasteiger partial charge in [0.2, 0.25) is 5.95 Å². The molecule has 0 atom stereocenters. The molecule has 2 heterocycles. The maximum absolute atomic E-state index is 5.24. The van der Waals surface area contributed by atoms with Crippen LogP contribution in [0.2, 0.25) is 0 Å². The minimum Gasteiger partial charge on any atom is -0.497 e. The summed E-state index contributed by atoms with van der Waals surface area (Å²) in [5, 5.41) is 14.5. The normalized spacial score (nSPS) is 13.8. The van der Waals surface area contributed by atoms with Crippen LogP contribution in [0.5, 0.6) is 5.75 Å². The van der Waals surface area contributed by atoms with Gasteiger partial charge in [0.1, 0.15) is 5.75 Å². The minimum atomic E-state index is 0.420. The first-order chi connectivity index (χ1) is 13.8. The van der Waals surface area contributed by atoms with E-state index in [0.717, 1.165) is 30.2 Å². The fourth-order valence-corrected chi connectivity index (χ4v) is 3.30. The largest absolute Gasteiger partial charge is 0.497 e. The van der Waals surface area contributed by atoms with E-state index >= 15 is 0 Å². The van der Waals surface area contributed by atoms with E-state index in [-0.39, 0.29) is 0 Å². The zero-order valence-corrected chi connectivity index (χ0v) is 15.9. The number of hydrogen-bond acceptors (Lipinski definition) is 7. The quantitative estimate of drug-likeness (QED) is 0.662. The summed E-state index contributed by atoms with van der Waals surface area (Å²) in [6.07, 6.45) is 5.49. The number of ether oxygens (including phenoxy) is 1. The summed E-state index contributed by atoms with van der Waals surface area (Å²) in [6, 6.07) is 16.0. The van der Waals surface area contributed by atoms with Crippen molar-refractivity contribution in [2.24, 2.45) is 0 Å². The van der Waals surface area contributed by atoms with E-state index in [2.05, 4.69) is 55.0 Å². The van der Waals surface area contributed by atoms with Crippen LogP contribution in [0.25, 0.3) is 0 Å². The molecular formula is C21H24N6O. The maximum Gasteiger partial charge on any atom is 0.249 e. The molecule has 2 aromatic carbocycles. The SMILES string of the molecule is COc1cccc(Nc2nncc(Nc3ccc(N4CCCCC4)cc3)n2)c1. The summed E-state index contributed by atoms with van der Waals surface area (Å²) >= 11 is 0. The van der Waals surface area contributed by atoms with Gasteiger partial charge in [-0.2, -0.15) is 10.1 Å². The second kappa shape index (κ2) is 8.56. The van der Waals surface area contributed by atoms with E-state index in [1.54, 1.807) is 13.3 Å². The van der Waals surface area contributed by atoms with Gasteiger partial charge in [-0.3, -0.25) is 0 Å². The van der Waals surface area contributed by atoms with Gasteiger partial charge in [0.05, 0.1) is 13.3 Å². The van der Waals surface area contributed by atoms with E-state index in [1.807, 2.05) is 24.3 Å². The molecule has 1 fully saturated rings. The molecule has 1 aromatic heterocycles. The fourth-order valence-electron chi connectivity index (χ4n) is 3.30. The first-order valence-electron chi connectivity index (χ1n) is 9.53. The Morgan fingerprint density at radius 3 is 2.54 bits per heavy atom. The van der Waals surface area contributed by atoms with Crippen LogP contribution in [0, 0.1) is 0 Å². The molecule has 0 radical (unpaired) electrons. The van der Waals surface area contributed by atoms with Crippen molar-refractivity contribution in [2.45, 2.75) is 19.3 Å². The van der Waals surface area contributed by atoms with Crippen LogP contribution in [-0.2, 0) is 0 Å². The maximum atomic E-state index is 5.24. The van der Waals surface area contributed by atoms with E-state index in [9.17, 15) is 0 Å². The van der Waals surface area contributed by atoms with Crippen molar-refractivity contribution >= 4 is 28.8 Å². The van der Waals surface area contributed by atoms with Crippen molar-refractivity contribution in [1.29, 1.82) is 0 Å². The molecule has 0 spiro atoms. The third-order valence-corrected chi connectivity index (χ3v) is 4.75. The van der Waals surface area contributed by atoms with Gasteiger partial charge >= 0.3 is 0 Å². The predicted molar refractivity (Wildman–Crippen MR) is 112 cm³/mol. The molecule has 1 aliphatic heterocycles. The van der Waals surface area contributed by atoms with Crippen molar-refractivity contribution in [3.8, 4) is 5.75 Å². The molecule has 144 valence electrons. The van der Waals surface area contributed by atoms with Crippen LogP contribution >= 0.6 is 0 Å². The van der Waals surface area contributed by atoms with Crippen LogP contribution in [0.4, 0.5) is 28.8 Å². The second-order valence-electron chi connectivity index (χ2n) is 6.74. The Balaban J connectivity index is 1.42. The number of anilines is 5. The van der Waals surface area contributed by atoms with Gasteiger partial charge in [0, 0.05) is 36.2 Å². The molecule has 0 bridgehead atoms. The van der Waals surface area contributed by atoms with Crippen LogP contribution in [0.1, 0.15) is 19.3 Å². The summed E-state index contributed by atoms with van der Waals surface area (Å²) in [7, 11) is 1.64. The number of methoxy groups -OCH3 is 1. The smallest absolute Gasteiger partial charge is 0.249 e. The van der Waals surface area contributed by atoms with Crippen molar-refractivity contribution in [3.05, 3.63) is 54.7 Å². The average Bonchev–Trinajstić information content (AvgIpc) is 2.75. The predicted octanol–water partition coefficient (Wildman–Crippen LogP) is 4.36. The summed E-state index contributed by atoms with van der Waals surface area (Å²) in [4.78, 5) is 6.92. The lowest BCUT2D eigenvalue weighted by molar-refractivity contribution is 0.415. The Hall–Kier alpha value is -3.35. The molecule has 0 amide bonds. The van der Waals surface area contributed by atoms with Crippen LogP contribution in [0.3, 0.4) is 0 Å². The molecule has 2 N–H and O–H groups in total. The van der Waals surface area contributed by atoms with Crippen molar-refractivity contribution in [3.63, 3.8) is 0 Å². The topological polar surface area (TPSA) is 75.2 Å². The summed E-state index contributed by atoms with van der Waals surface area (Å²) in [6.45, 7) is 2.28. The molecule has 1 saturated heterocycles. The lowest BCUT2D eigenvalue weighted by atomic mass is 10.1. The third-order valence-electron chi connectivity index (χ3n) is 4.75. The molecular weight excluding hydrogens is 352 g/mol. The molecule has 4 rings (SSSR count). The molecule has 1 aliphatic rings. The third kappa shape index (κ3) is 4.49. The zero-order valence-electron chi connectivity index (χ0n) is 15.9.